The van der Waals surface area contributed by atoms with Crippen LogP contribution < -0.4 is 10.6 Å². The van der Waals surface area contributed by atoms with Gasteiger partial charge in [-0.25, -0.2) is 9.38 Å². The molecule has 0 amide bonds. The third-order valence-electron chi connectivity index (χ3n) is 3.42. The fourth-order valence-corrected chi connectivity index (χ4v) is 2.13. The summed E-state index contributed by atoms with van der Waals surface area (Å²) in [5, 5.41) is 10.6. The van der Waals surface area contributed by atoms with E-state index in [0.717, 1.165) is 37.6 Å². The lowest BCUT2D eigenvalue weighted by Gasteiger charge is -2.11. The highest BCUT2D eigenvalue weighted by Gasteiger charge is 2.01. The molecule has 0 radical (unpaired) electrons. The molecule has 2 N–H and O–H groups in total. The number of nitrogens with one attached hydrogen (secondary N) is 2. The lowest BCUT2D eigenvalue weighted by molar-refractivity contribution is 0.570. The number of guanidine groups is 1. The van der Waals surface area contributed by atoms with E-state index in [2.05, 4.69) is 20.7 Å². The van der Waals surface area contributed by atoms with Crippen LogP contribution in [0.1, 0.15) is 24.5 Å². The highest BCUT2D eigenvalue weighted by atomic mass is 127. The Morgan fingerprint density at radius 3 is 2.83 bits per heavy atom. The van der Waals surface area contributed by atoms with Crippen LogP contribution in [0.2, 0.25) is 0 Å². The number of halogens is 2. The Labute approximate surface area is 159 Å². The second kappa shape index (κ2) is 11.0. The van der Waals surface area contributed by atoms with Gasteiger partial charge in [-0.2, -0.15) is 5.10 Å². The van der Waals surface area contributed by atoms with E-state index in [0.29, 0.717) is 12.1 Å². The fourth-order valence-electron chi connectivity index (χ4n) is 2.13. The number of nitrogens with zero attached hydrogens (tertiary/aromatic N) is 3. The second-order valence-corrected chi connectivity index (χ2v) is 5.33. The van der Waals surface area contributed by atoms with Crippen LogP contribution in [0.3, 0.4) is 0 Å². The molecule has 24 heavy (non-hydrogen) atoms. The predicted molar refractivity (Wildman–Crippen MR) is 106 cm³/mol. The zero-order chi connectivity index (χ0) is 16.5. The van der Waals surface area contributed by atoms with Crippen LogP contribution in [0.25, 0.3) is 0 Å². The van der Waals surface area contributed by atoms with Gasteiger partial charge in [0.05, 0.1) is 6.54 Å². The monoisotopic (exact) mass is 445 g/mol. The van der Waals surface area contributed by atoms with Gasteiger partial charge in [0.2, 0.25) is 0 Å². The van der Waals surface area contributed by atoms with Gasteiger partial charge in [-0.15, -0.1) is 24.0 Å². The number of aryl methyl sites for hydroxylation is 2. The van der Waals surface area contributed by atoms with Crippen LogP contribution in [-0.2, 0) is 13.1 Å². The van der Waals surface area contributed by atoms with Gasteiger partial charge in [0.25, 0.3) is 0 Å². The number of aliphatic imine (C=N–C) groups is 1. The lowest BCUT2D eigenvalue weighted by atomic mass is 10.1. The third-order valence-corrected chi connectivity index (χ3v) is 3.42. The Balaban J connectivity index is 0.00000288. The lowest BCUT2D eigenvalue weighted by Crippen LogP contribution is -2.38. The molecule has 2 rings (SSSR count). The molecule has 0 aliphatic rings. The molecule has 7 heteroatoms. The van der Waals surface area contributed by atoms with Crippen molar-refractivity contribution in [3.05, 3.63) is 53.6 Å². The van der Waals surface area contributed by atoms with Crippen molar-refractivity contribution >= 4 is 29.9 Å². The summed E-state index contributed by atoms with van der Waals surface area (Å²) in [4.78, 5) is 4.49. The maximum atomic E-state index is 13.5. The van der Waals surface area contributed by atoms with E-state index in [1.165, 1.54) is 0 Å². The highest BCUT2D eigenvalue weighted by molar-refractivity contribution is 14.0. The van der Waals surface area contributed by atoms with Gasteiger partial charge in [-0.3, -0.25) is 4.68 Å². The Bertz CT molecular complexity index is 628. The van der Waals surface area contributed by atoms with Crippen LogP contribution >= 0.6 is 24.0 Å². The second-order valence-electron chi connectivity index (χ2n) is 5.33. The van der Waals surface area contributed by atoms with Crippen molar-refractivity contribution in [2.24, 2.45) is 4.99 Å². The maximum absolute atomic E-state index is 13.5. The first-order valence-electron chi connectivity index (χ1n) is 7.93. The van der Waals surface area contributed by atoms with Crippen molar-refractivity contribution in [2.45, 2.75) is 33.4 Å². The minimum atomic E-state index is -0.185. The van der Waals surface area contributed by atoms with Crippen LogP contribution in [0, 0.1) is 12.7 Å². The van der Waals surface area contributed by atoms with E-state index >= 15 is 0 Å². The molecule has 0 bridgehead atoms. The normalized spacial score (nSPS) is 11.0. The molecule has 1 aromatic carbocycles. The van der Waals surface area contributed by atoms with E-state index in [1.54, 1.807) is 25.3 Å². The largest absolute Gasteiger partial charge is 0.357 e. The number of rotatable bonds is 7. The van der Waals surface area contributed by atoms with Crippen LogP contribution in [0.5, 0.6) is 0 Å². The van der Waals surface area contributed by atoms with Crippen molar-refractivity contribution in [2.75, 3.05) is 13.1 Å². The number of benzene rings is 1. The van der Waals surface area contributed by atoms with E-state index in [9.17, 15) is 4.39 Å². The van der Waals surface area contributed by atoms with Gasteiger partial charge in [0, 0.05) is 32.0 Å². The SMILES string of the molecule is CCNC(=NCc1ccc(C)c(F)c1)NCCCn1cccn1.I. The van der Waals surface area contributed by atoms with Gasteiger partial charge in [-0.1, -0.05) is 12.1 Å². The molecule has 0 saturated carbocycles. The molecule has 0 spiro atoms. The van der Waals surface area contributed by atoms with Crippen molar-refractivity contribution in [1.82, 2.24) is 20.4 Å². The molecule has 0 saturated heterocycles. The van der Waals surface area contributed by atoms with Crippen molar-refractivity contribution in [3.63, 3.8) is 0 Å². The van der Waals surface area contributed by atoms with Gasteiger partial charge in [0.15, 0.2) is 5.96 Å². The first-order chi connectivity index (χ1) is 11.2. The van der Waals surface area contributed by atoms with Crippen LogP contribution in [-0.4, -0.2) is 28.8 Å². The Hall–Kier alpha value is -1.64. The van der Waals surface area contributed by atoms with Crippen molar-refractivity contribution in [3.8, 4) is 0 Å². The Morgan fingerprint density at radius 1 is 1.33 bits per heavy atom. The minimum absolute atomic E-state index is 0. The molecule has 0 atom stereocenters. The Morgan fingerprint density at radius 2 is 2.17 bits per heavy atom. The molecule has 2 aromatic rings. The molecule has 0 unspecified atom stereocenters. The first kappa shape index (κ1) is 20.4. The van der Waals surface area contributed by atoms with E-state index in [-0.39, 0.29) is 29.8 Å². The summed E-state index contributed by atoms with van der Waals surface area (Å²) < 4.78 is 15.5. The number of aromatic nitrogens is 2. The quantitative estimate of drug-likeness (QED) is 0.298. The third kappa shape index (κ3) is 6.86. The molecule has 0 fully saturated rings. The predicted octanol–water partition coefficient (Wildman–Crippen LogP) is 3.09. The number of hydrogen-bond acceptors (Lipinski definition) is 2. The molecule has 0 aliphatic heterocycles. The Kier molecular flexibility index (Phi) is 9.36. The topological polar surface area (TPSA) is 54.2 Å². The van der Waals surface area contributed by atoms with E-state index in [4.69, 9.17) is 0 Å². The standard InChI is InChI=1S/C17H24FN5.HI/c1-3-19-17(20-8-4-10-23-11-5-9-22-23)21-13-15-7-6-14(2)16(18)12-15;/h5-7,9,11-12H,3-4,8,10,13H2,1-2H3,(H2,19,20,21);1H. The molecule has 132 valence electrons. The zero-order valence-electron chi connectivity index (χ0n) is 14.1. The summed E-state index contributed by atoms with van der Waals surface area (Å²) in [5.41, 5.74) is 1.52. The summed E-state index contributed by atoms with van der Waals surface area (Å²) in [5.74, 6) is 0.559. The summed E-state index contributed by atoms with van der Waals surface area (Å²) in [6.45, 7) is 6.68. The molecular weight excluding hydrogens is 420 g/mol. The summed E-state index contributed by atoms with van der Waals surface area (Å²) >= 11 is 0. The van der Waals surface area contributed by atoms with Gasteiger partial charge in [0.1, 0.15) is 5.82 Å². The van der Waals surface area contributed by atoms with Crippen LogP contribution in [0.4, 0.5) is 4.39 Å². The van der Waals surface area contributed by atoms with Crippen LogP contribution in [0.15, 0.2) is 41.7 Å². The minimum Gasteiger partial charge on any atom is -0.357 e. The summed E-state index contributed by atoms with van der Waals surface area (Å²) in [6, 6.07) is 7.15. The van der Waals surface area contributed by atoms with Gasteiger partial charge < -0.3 is 10.6 Å². The molecular formula is C17H25FIN5. The average Bonchev–Trinajstić information content (AvgIpc) is 3.05. The fraction of sp³-hybridized carbons (Fsp3) is 0.412. The average molecular weight is 445 g/mol. The van der Waals surface area contributed by atoms with Gasteiger partial charge in [-0.05, 0) is 43.5 Å². The zero-order valence-corrected chi connectivity index (χ0v) is 16.5. The van der Waals surface area contributed by atoms with E-state index in [1.807, 2.05) is 29.9 Å². The summed E-state index contributed by atoms with van der Waals surface area (Å²) in [6.07, 6.45) is 4.68. The first-order valence-corrected chi connectivity index (χ1v) is 7.93. The highest BCUT2D eigenvalue weighted by Crippen LogP contribution is 2.09. The molecule has 5 nitrogen and oxygen atoms in total. The summed E-state index contributed by atoms with van der Waals surface area (Å²) in [7, 11) is 0. The van der Waals surface area contributed by atoms with E-state index < -0.39 is 0 Å². The maximum Gasteiger partial charge on any atom is 0.191 e. The van der Waals surface area contributed by atoms with Gasteiger partial charge >= 0.3 is 0 Å². The molecule has 1 heterocycles. The van der Waals surface area contributed by atoms with Crippen molar-refractivity contribution < 1.29 is 4.39 Å². The molecule has 1 aromatic heterocycles. The number of hydrogen-bond donors (Lipinski definition) is 2. The van der Waals surface area contributed by atoms with Crippen molar-refractivity contribution in [1.29, 1.82) is 0 Å². The molecule has 0 aliphatic carbocycles. The smallest absolute Gasteiger partial charge is 0.191 e.